The monoisotopic (exact) mass is 1300 g/mol. The quantitative estimate of drug-likeness (QED) is 0.0263. The van der Waals surface area contributed by atoms with E-state index in [1.165, 1.54) is 23.0 Å². The Kier molecular flexibility index (Phi) is 28.1. The van der Waals surface area contributed by atoms with Crippen LogP contribution in [0.3, 0.4) is 0 Å². The number of rotatable bonds is 18. The summed E-state index contributed by atoms with van der Waals surface area (Å²) >= 11 is 2.27. The molecular weight excluding hydrogens is 1240 g/mol. The van der Waals surface area contributed by atoms with Crippen molar-refractivity contribution in [2.45, 2.75) is 72.1 Å². The molecule has 6 heterocycles. The van der Waals surface area contributed by atoms with Gasteiger partial charge in [-0.2, -0.15) is 22.8 Å². The molecule has 2 aliphatic rings. The third kappa shape index (κ3) is 21.7. The Balaban J connectivity index is 0.000000320. The molecule has 6 aromatic rings. The fourth-order valence-corrected chi connectivity index (χ4v) is 9.07. The number of carbonyl (C=O) groups excluding carboxylic acids is 2. The van der Waals surface area contributed by atoms with E-state index in [2.05, 4.69) is 86.2 Å². The summed E-state index contributed by atoms with van der Waals surface area (Å²) in [7, 11) is 0. The van der Waals surface area contributed by atoms with Crippen LogP contribution in [-0.4, -0.2) is 160 Å². The summed E-state index contributed by atoms with van der Waals surface area (Å²) in [6, 6.07) is 16.7. The van der Waals surface area contributed by atoms with Crippen LogP contribution in [-0.2, 0) is 59.0 Å². The van der Waals surface area contributed by atoms with Crippen LogP contribution in [0, 0.1) is 24.3 Å². The van der Waals surface area contributed by atoms with Gasteiger partial charge in [0, 0.05) is 89.3 Å². The minimum atomic E-state index is -4.51. The maximum absolute atomic E-state index is 13.3. The zero-order valence-corrected chi connectivity index (χ0v) is 47.4. The SMILES string of the molecule is Cc1nnn(Cc2cc(C(F)(F)[18F])ccc2/C=C/C(=O)N2CCN(Cc3ccc(OCCF)cn3)C[C@H]2C)n1.Cc1nnn(Cc2cc(I)ccc2/C=C/C(=O)N2CCN(Cc3ccc(OCCF)cn3)C[C@H]2C)n1.F[18F].F[CH-]F.[Cu+]. The Morgan fingerprint density at radius 1 is 0.667 bits per heavy atom. The summed E-state index contributed by atoms with van der Waals surface area (Å²) in [5.41, 5.74) is 3.71. The molecule has 2 atom stereocenters. The molecule has 2 aliphatic heterocycles. The van der Waals surface area contributed by atoms with Crippen molar-refractivity contribution >= 4 is 46.6 Å². The first-order valence-electron chi connectivity index (χ1n) is 24.8. The van der Waals surface area contributed by atoms with Gasteiger partial charge in [0.15, 0.2) is 11.6 Å². The summed E-state index contributed by atoms with van der Waals surface area (Å²) in [5, 5.41) is 23.9. The Morgan fingerprint density at radius 2 is 1.10 bits per heavy atom. The summed E-state index contributed by atoms with van der Waals surface area (Å²) in [6.07, 6.45) is 5.11. The van der Waals surface area contributed by atoms with Crippen molar-refractivity contribution in [2.75, 3.05) is 65.8 Å². The molecule has 0 spiro atoms. The van der Waals surface area contributed by atoms with Gasteiger partial charge in [0.25, 0.3) is 0 Å². The first-order chi connectivity index (χ1) is 38.4. The minimum absolute atomic E-state index is 0. The van der Waals surface area contributed by atoms with Gasteiger partial charge in [-0.1, -0.05) is 12.1 Å². The van der Waals surface area contributed by atoms with Gasteiger partial charge in [-0.05, 0) is 151 Å². The van der Waals surface area contributed by atoms with Crippen LogP contribution < -0.4 is 9.47 Å². The van der Waals surface area contributed by atoms with Gasteiger partial charge in [0.2, 0.25) is 11.8 Å². The maximum Gasteiger partial charge on any atom is 1.00 e. The van der Waals surface area contributed by atoms with E-state index in [0.29, 0.717) is 80.1 Å². The average Bonchev–Trinajstić information content (AvgIpc) is 4.06. The van der Waals surface area contributed by atoms with Crippen molar-refractivity contribution in [3.05, 3.63) is 147 Å². The van der Waals surface area contributed by atoms with Crippen molar-refractivity contribution in [1.29, 1.82) is 0 Å². The number of ether oxygens (including phenoxy) is 2. The van der Waals surface area contributed by atoms with Crippen LogP contribution in [0.15, 0.2) is 85.2 Å². The van der Waals surface area contributed by atoms with Gasteiger partial charge in [-0.25, -0.2) is 8.78 Å². The van der Waals surface area contributed by atoms with Gasteiger partial charge < -0.3 is 28.1 Å². The summed E-state index contributed by atoms with van der Waals surface area (Å²) in [6.45, 7) is 11.0. The standard InChI is InChI=1S/C26H29F4N7O2.C25H29FIN7O2.CHF2.Cu.F2/c1-18-15-35(17-23-6-7-24(14-31-23)39-12-9-27)10-11-36(18)25(38)8-4-20-3-5-22(26(28,29)30)13-21(20)16-37-33-19(2)32-34-37;1-18-15-32(17-23-6-7-24(14-28-23)36-12-9-26)10-11-33(18)25(35)8-4-20-3-5-22(27)13-21(20)16-34-30-19(2)29-31-34;2-1-3;;1-2/h3-8,13-14,18H,9-12,15-17H2,1-2H3;3-8,13-14,18H,9-12,15-17H2,1-2H3;1H;;/q;;-1;+1;/b2*8-4+;;;/t2*18-;;;/m11.../s1/i28-1;;;;1-1. The van der Waals surface area contributed by atoms with Crippen molar-refractivity contribution in [2.24, 2.45) is 0 Å². The number of pyridine rings is 2. The average molecular weight is 1300 g/mol. The van der Waals surface area contributed by atoms with Crippen LogP contribution in [0.25, 0.3) is 12.2 Å². The fraction of sp³-hybridized carbons (Fsp3) is 0.404. The number of tetrazole rings is 2. The molecule has 8 rings (SSSR count). The Labute approximate surface area is 486 Å². The number of aromatic nitrogens is 10. The van der Waals surface area contributed by atoms with E-state index in [4.69, 9.17) is 18.6 Å². The molecule has 0 saturated carbocycles. The number of benzene rings is 2. The van der Waals surface area contributed by atoms with E-state index in [-0.39, 0.29) is 60.7 Å². The normalized spacial score (nSPS) is 15.7. The van der Waals surface area contributed by atoms with Crippen molar-refractivity contribution in [1.82, 2.24) is 70.0 Å². The number of alkyl halides is 5. The Bertz CT molecular complexity index is 2920. The number of hydrogen-bond acceptors (Lipinski definition) is 14. The molecular formula is C52H59CuF9IN14O4. The molecule has 0 aliphatic carbocycles. The third-order valence-electron chi connectivity index (χ3n) is 12.2. The van der Waals surface area contributed by atoms with E-state index < -0.39 is 32.0 Å². The van der Waals surface area contributed by atoms with Gasteiger partial charge >= 0.3 is 23.2 Å². The van der Waals surface area contributed by atoms with Gasteiger partial charge in [0.05, 0.1) is 42.4 Å². The minimum Gasteiger partial charge on any atom is -0.489 e. The molecule has 2 fully saturated rings. The number of nitrogens with zero attached hydrogens (tertiary/aromatic N) is 14. The smallest absolute Gasteiger partial charge is 0.489 e. The third-order valence-corrected chi connectivity index (χ3v) is 12.8. The van der Waals surface area contributed by atoms with Crippen LogP contribution in [0.5, 0.6) is 11.5 Å². The first-order valence-corrected chi connectivity index (χ1v) is 25.9. The van der Waals surface area contributed by atoms with E-state index in [1.807, 2.05) is 48.2 Å². The molecule has 4 aromatic heterocycles. The number of amides is 2. The predicted octanol–water partition coefficient (Wildman–Crippen LogP) is 8.54. The number of piperazine rings is 2. The molecule has 442 valence electrons. The van der Waals surface area contributed by atoms with Gasteiger partial charge in [-0.3, -0.25) is 29.4 Å². The number of hydrogen-bond donors (Lipinski definition) is 0. The molecule has 2 amide bonds. The Morgan fingerprint density at radius 3 is 1.47 bits per heavy atom. The zero-order valence-electron chi connectivity index (χ0n) is 44.3. The maximum atomic E-state index is 13.3. The summed E-state index contributed by atoms with van der Waals surface area (Å²) in [4.78, 5) is 45.7. The van der Waals surface area contributed by atoms with E-state index in [9.17, 15) is 40.3 Å². The van der Waals surface area contributed by atoms with Gasteiger partial charge in [0.1, 0.15) is 38.1 Å². The Hall–Kier alpha value is -6.56. The molecule has 0 bridgehead atoms. The van der Waals surface area contributed by atoms with E-state index in [1.54, 1.807) is 48.1 Å². The van der Waals surface area contributed by atoms with Crippen molar-refractivity contribution in [3.8, 4) is 11.5 Å². The van der Waals surface area contributed by atoms with Gasteiger partial charge in [-0.15, -0.1) is 20.4 Å². The van der Waals surface area contributed by atoms with E-state index in [0.717, 1.165) is 51.3 Å². The van der Waals surface area contributed by atoms with Crippen LogP contribution in [0.1, 0.15) is 64.7 Å². The molecule has 0 N–H and O–H groups in total. The molecule has 0 radical (unpaired) electrons. The summed E-state index contributed by atoms with van der Waals surface area (Å²) < 4.78 is 111. The molecule has 2 aromatic carbocycles. The number of carbonyl (C=O) groups is 2. The fourth-order valence-electron chi connectivity index (χ4n) is 8.51. The molecule has 18 nitrogen and oxygen atoms in total. The van der Waals surface area contributed by atoms with Crippen LogP contribution in [0.2, 0.25) is 0 Å². The second kappa shape index (κ2) is 34.0. The topological polar surface area (TPSA) is 179 Å². The number of aryl methyl sites for hydroxylation is 2. The van der Waals surface area contributed by atoms with Crippen LogP contribution in [0.4, 0.5) is 39.9 Å². The second-order valence-electron chi connectivity index (χ2n) is 18.0. The summed E-state index contributed by atoms with van der Waals surface area (Å²) in [5.74, 6) is 1.87. The number of halogens is 10. The molecule has 2 saturated heterocycles. The first kappa shape index (κ1) is 66.9. The molecule has 81 heavy (non-hydrogen) atoms. The molecule has 0 unspecified atom stereocenters. The molecule has 29 heteroatoms. The predicted molar refractivity (Wildman–Crippen MR) is 285 cm³/mol. The second-order valence-corrected chi connectivity index (χ2v) is 19.3. The van der Waals surface area contributed by atoms with E-state index >= 15 is 0 Å². The largest absolute Gasteiger partial charge is 1.00 e. The van der Waals surface area contributed by atoms with Crippen molar-refractivity contribution < 1.29 is 76.0 Å². The zero-order chi connectivity index (χ0) is 58.2. The van der Waals surface area contributed by atoms with Crippen LogP contribution >= 0.6 is 22.6 Å². The van der Waals surface area contributed by atoms with Crippen molar-refractivity contribution in [3.63, 3.8) is 0 Å².